The number of nitrogens with one attached hydrogen (secondary N) is 1. The number of amides is 1. The zero-order valence-electron chi connectivity index (χ0n) is 16.8. The Morgan fingerprint density at radius 2 is 1.93 bits per heavy atom. The summed E-state index contributed by atoms with van der Waals surface area (Å²) in [5.74, 6) is 0.734. The van der Waals surface area contributed by atoms with E-state index >= 15 is 0 Å². The second-order valence-corrected chi connectivity index (χ2v) is 7.91. The highest BCUT2D eigenvalue weighted by molar-refractivity contribution is 7.17. The molecule has 154 valence electrons. The van der Waals surface area contributed by atoms with E-state index in [-0.39, 0.29) is 5.56 Å². The number of hydrogen-bond donors (Lipinski definition) is 2. The quantitative estimate of drug-likeness (QED) is 0.460. The van der Waals surface area contributed by atoms with Gasteiger partial charge in [-0.3, -0.25) is 4.79 Å². The summed E-state index contributed by atoms with van der Waals surface area (Å²) < 4.78 is 6.35. The Morgan fingerprint density at radius 3 is 2.60 bits per heavy atom. The Kier molecular flexibility index (Phi) is 5.46. The molecule has 0 aliphatic heterocycles. The van der Waals surface area contributed by atoms with Crippen molar-refractivity contribution in [1.82, 2.24) is 9.88 Å². The number of rotatable bonds is 6. The van der Waals surface area contributed by atoms with Crippen molar-refractivity contribution in [2.45, 2.75) is 13.3 Å². The summed E-state index contributed by atoms with van der Waals surface area (Å²) in [6, 6.07) is 13.8. The van der Waals surface area contributed by atoms with E-state index in [1.165, 1.54) is 16.2 Å². The molecule has 0 unspecified atom stereocenters. The highest BCUT2D eigenvalue weighted by Crippen LogP contribution is 2.40. The van der Waals surface area contributed by atoms with Crippen LogP contribution < -0.4 is 10.3 Å². The number of pyridine rings is 1. The molecule has 0 aliphatic rings. The number of aromatic nitrogens is 1. The summed E-state index contributed by atoms with van der Waals surface area (Å²) >= 11 is 1.43. The van der Waals surface area contributed by atoms with Gasteiger partial charge in [-0.1, -0.05) is 24.3 Å². The molecule has 0 radical (unpaired) electrons. The lowest BCUT2D eigenvalue weighted by atomic mass is 9.96. The average molecular weight is 423 g/mol. The number of aromatic amines is 1. The Labute approximate surface area is 177 Å². The average Bonchev–Trinajstić information content (AvgIpc) is 3.24. The lowest BCUT2D eigenvalue weighted by molar-refractivity contribution is 0.148. The van der Waals surface area contributed by atoms with Crippen LogP contribution in [0.5, 0.6) is 5.75 Å². The van der Waals surface area contributed by atoms with Crippen molar-refractivity contribution in [3.05, 3.63) is 63.8 Å². The van der Waals surface area contributed by atoms with Gasteiger partial charge in [0.15, 0.2) is 0 Å². The largest absolute Gasteiger partial charge is 0.496 e. The van der Waals surface area contributed by atoms with E-state index in [1.807, 2.05) is 54.8 Å². The highest BCUT2D eigenvalue weighted by Gasteiger charge is 2.16. The maximum atomic E-state index is 12.4. The monoisotopic (exact) mass is 422 g/mol. The molecule has 0 fully saturated rings. The van der Waals surface area contributed by atoms with Gasteiger partial charge in [0.25, 0.3) is 5.56 Å². The summed E-state index contributed by atoms with van der Waals surface area (Å²) in [6.45, 7) is 2.76. The van der Waals surface area contributed by atoms with Gasteiger partial charge < -0.3 is 19.7 Å². The van der Waals surface area contributed by atoms with Gasteiger partial charge in [0, 0.05) is 34.9 Å². The standard InChI is InChI=1S/C23H22N2O4S/c1-3-25(23(27)28)12-10-14-4-6-15(7-5-14)19-18(29-2)9-8-17-20(19)16-11-13-30-21(16)22(26)24-17/h4-9,11,13H,3,10,12H2,1-2H3,(H,24,26)(H,27,28). The number of thiophene rings is 1. The number of fused-ring (bicyclic) bond motifs is 3. The molecule has 2 N–H and O–H groups in total. The van der Waals surface area contributed by atoms with Gasteiger partial charge in [-0.25, -0.2) is 4.79 Å². The number of ether oxygens (including phenoxy) is 1. The number of carbonyl (C=O) groups is 1. The predicted octanol–water partition coefficient (Wildman–Crippen LogP) is 4.96. The molecule has 30 heavy (non-hydrogen) atoms. The van der Waals surface area contributed by atoms with Crippen molar-refractivity contribution < 1.29 is 14.6 Å². The van der Waals surface area contributed by atoms with Crippen LogP contribution in [0.1, 0.15) is 12.5 Å². The van der Waals surface area contributed by atoms with Crippen LogP contribution in [0.2, 0.25) is 0 Å². The topological polar surface area (TPSA) is 82.6 Å². The second kappa shape index (κ2) is 8.20. The predicted molar refractivity (Wildman–Crippen MR) is 121 cm³/mol. The van der Waals surface area contributed by atoms with Gasteiger partial charge >= 0.3 is 6.09 Å². The number of benzene rings is 2. The fourth-order valence-electron chi connectivity index (χ4n) is 3.78. The Hall–Kier alpha value is -3.32. The molecule has 0 bridgehead atoms. The van der Waals surface area contributed by atoms with Gasteiger partial charge in [-0.05, 0) is 48.1 Å². The van der Waals surface area contributed by atoms with E-state index in [1.54, 1.807) is 7.11 Å². The Balaban J connectivity index is 1.78. The van der Waals surface area contributed by atoms with Crippen LogP contribution in [-0.4, -0.2) is 41.3 Å². The first-order chi connectivity index (χ1) is 14.5. The fourth-order valence-corrected chi connectivity index (χ4v) is 4.57. The Morgan fingerprint density at radius 1 is 1.17 bits per heavy atom. The third kappa shape index (κ3) is 3.52. The molecular weight excluding hydrogens is 400 g/mol. The first-order valence-corrected chi connectivity index (χ1v) is 10.6. The smallest absolute Gasteiger partial charge is 0.407 e. The van der Waals surface area contributed by atoms with E-state index in [0.717, 1.165) is 38.7 Å². The summed E-state index contributed by atoms with van der Waals surface area (Å²) in [5, 5.41) is 13.0. The zero-order chi connectivity index (χ0) is 21.3. The number of carboxylic acid groups (broad SMARTS) is 1. The van der Waals surface area contributed by atoms with Crippen LogP contribution in [0.3, 0.4) is 0 Å². The number of hydrogen-bond acceptors (Lipinski definition) is 4. The SMILES string of the molecule is CCN(CCc1ccc(-c2c(OC)ccc3[nH]c(=O)c4sccc4c23)cc1)C(=O)O. The van der Waals surface area contributed by atoms with Crippen LogP contribution >= 0.6 is 11.3 Å². The number of likely N-dealkylation sites (N-methyl/N-ethyl adjacent to an activating group) is 1. The van der Waals surface area contributed by atoms with E-state index in [4.69, 9.17) is 4.74 Å². The third-order valence-corrected chi connectivity index (χ3v) is 6.25. The van der Waals surface area contributed by atoms with Crippen LogP contribution in [0.25, 0.3) is 32.1 Å². The minimum absolute atomic E-state index is 0.0853. The van der Waals surface area contributed by atoms with E-state index in [2.05, 4.69) is 4.98 Å². The van der Waals surface area contributed by atoms with Crippen molar-refractivity contribution in [1.29, 1.82) is 0 Å². The summed E-state index contributed by atoms with van der Waals surface area (Å²) in [4.78, 5) is 27.9. The molecule has 1 amide bonds. The summed E-state index contributed by atoms with van der Waals surface area (Å²) in [7, 11) is 1.64. The van der Waals surface area contributed by atoms with Crippen molar-refractivity contribution in [2.24, 2.45) is 0 Å². The van der Waals surface area contributed by atoms with Gasteiger partial charge in [-0.15, -0.1) is 11.3 Å². The molecule has 2 heterocycles. The van der Waals surface area contributed by atoms with Crippen LogP contribution in [0, 0.1) is 0 Å². The van der Waals surface area contributed by atoms with Crippen LogP contribution in [0.4, 0.5) is 4.79 Å². The van der Waals surface area contributed by atoms with E-state index < -0.39 is 6.09 Å². The number of H-pyrrole nitrogens is 1. The van der Waals surface area contributed by atoms with E-state index in [9.17, 15) is 14.7 Å². The maximum Gasteiger partial charge on any atom is 0.407 e. The molecule has 4 aromatic rings. The van der Waals surface area contributed by atoms with Gasteiger partial charge in [0.1, 0.15) is 10.4 Å². The Bertz CT molecular complexity index is 1270. The normalized spacial score (nSPS) is 11.1. The van der Waals surface area contributed by atoms with Crippen molar-refractivity contribution in [3.8, 4) is 16.9 Å². The molecule has 4 rings (SSSR count). The van der Waals surface area contributed by atoms with Gasteiger partial charge in [0.05, 0.1) is 7.11 Å². The molecule has 0 saturated carbocycles. The fraction of sp³-hybridized carbons (Fsp3) is 0.217. The van der Waals surface area contributed by atoms with Gasteiger partial charge in [-0.2, -0.15) is 0 Å². The van der Waals surface area contributed by atoms with Crippen LogP contribution in [0.15, 0.2) is 52.6 Å². The molecule has 7 heteroatoms. The number of methoxy groups -OCH3 is 1. The molecule has 2 aromatic heterocycles. The van der Waals surface area contributed by atoms with E-state index in [0.29, 0.717) is 24.2 Å². The second-order valence-electron chi connectivity index (χ2n) is 6.99. The molecular formula is C23H22N2O4S. The number of nitrogens with zero attached hydrogens (tertiary/aromatic N) is 1. The minimum Gasteiger partial charge on any atom is -0.496 e. The van der Waals surface area contributed by atoms with Gasteiger partial charge in [0.2, 0.25) is 0 Å². The highest BCUT2D eigenvalue weighted by atomic mass is 32.1. The molecule has 6 nitrogen and oxygen atoms in total. The first-order valence-electron chi connectivity index (χ1n) is 9.70. The molecule has 0 spiro atoms. The third-order valence-electron chi connectivity index (χ3n) is 5.34. The molecule has 0 atom stereocenters. The first kappa shape index (κ1) is 20.0. The minimum atomic E-state index is -0.900. The molecule has 0 saturated heterocycles. The maximum absolute atomic E-state index is 12.4. The molecule has 2 aromatic carbocycles. The van der Waals surface area contributed by atoms with Crippen molar-refractivity contribution in [2.75, 3.05) is 20.2 Å². The summed E-state index contributed by atoms with van der Waals surface area (Å²) in [6.07, 6.45) is -0.252. The van der Waals surface area contributed by atoms with Crippen molar-refractivity contribution in [3.63, 3.8) is 0 Å². The zero-order valence-corrected chi connectivity index (χ0v) is 17.6. The van der Waals surface area contributed by atoms with Crippen LogP contribution in [-0.2, 0) is 6.42 Å². The molecule has 0 aliphatic carbocycles. The lowest BCUT2D eigenvalue weighted by Gasteiger charge is -2.17. The lowest BCUT2D eigenvalue weighted by Crippen LogP contribution is -2.31. The summed E-state index contributed by atoms with van der Waals surface area (Å²) in [5.41, 5.74) is 3.66. The van der Waals surface area contributed by atoms with Crippen molar-refractivity contribution >= 4 is 38.4 Å².